The summed E-state index contributed by atoms with van der Waals surface area (Å²) in [6.07, 6.45) is 2.37. The lowest BCUT2D eigenvalue weighted by atomic mass is 10.1. The van der Waals surface area contributed by atoms with Crippen LogP contribution in [0.5, 0.6) is 0 Å². The summed E-state index contributed by atoms with van der Waals surface area (Å²) in [4.78, 5) is 2.34. The summed E-state index contributed by atoms with van der Waals surface area (Å²) < 4.78 is 13.4. The zero-order valence-electron chi connectivity index (χ0n) is 10.8. The average Bonchev–Trinajstić information content (AvgIpc) is 2.36. The molecule has 1 fully saturated rings. The molecule has 0 aromatic heterocycles. The Kier molecular flexibility index (Phi) is 4.98. The van der Waals surface area contributed by atoms with Crippen LogP contribution in [0.3, 0.4) is 0 Å². The Morgan fingerprint density at radius 1 is 1.50 bits per heavy atom. The lowest BCUT2D eigenvalue weighted by Gasteiger charge is -2.33. The van der Waals surface area contributed by atoms with Crippen molar-refractivity contribution < 1.29 is 4.39 Å². The van der Waals surface area contributed by atoms with Crippen LogP contribution in [0, 0.1) is 5.82 Å². The van der Waals surface area contributed by atoms with Gasteiger partial charge in [-0.3, -0.25) is 4.90 Å². The molecule has 0 aliphatic carbocycles. The quantitative estimate of drug-likeness (QED) is 0.905. The van der Waals surface area contributed by atoms with E-state index in [2.05, 4.69) is 17.1 Å². The summed E-state index contributed by atoms with van der Waals surface area (Å²) in [7, 11) is 0. The second-order valence-corrected chi connectivity index (χ2v) is 5.27. The first-order chi connectivity index (χ1) is 8.70. The Bertz CT molecular complexity index is 395. The molecule has 0 bridgehead atoms. The number of piperazine rings is 1. The summed E-state index contributed by atoms with van der Waals surface area (Å²) in [5.41, 5.74) is 0.883. The fourth-order valence-electron chi connectivity index (χ4n) is 2.49. The molecule has 2 rings (SSSR count). The summed E-state index contributed by atoms with van der Waals surface area (Å²) in [5.74, 6) is -0.325. The average molecular weight is 271 g/mol. The molecular weight excluding hydrogens is 251 g/mol. The first kappa shape index (κ1) is 13.8. The van der Waals surface area contributed by atoms with Crippen LogP contribution in [0.15, 0.2) is 18.2 Å². The highest BCUT2D eigenvalue weighted by molar-refractivity contribution is 6.31. The van der Waals surface area contributed by atoms with Gasteiger partial charge in [-0.25, -0.2) is 4.39 Å². The maximum absolute atomic E-state index is 13.4. The van der Waals surface area contributed by atoms with Crippen molar-refractivity contribution in [3.05, 3.63) is 34.6 Å². The molecule has 0 spiro atoms. The lowest BCUT2D eigenvalue weighted by Crippen LogP contribution is -2.50. The van der Waals surface area contributed by atoms with Gasteiger partial charge in [0.25, 0.3) is 0 Å². The van der Waals surface area contributed by atoms with Gasteiger partial charge in [0.05, 0.1) is 5.02 Å². The molecule has 1 aromatic carbocycles. The third-order valence-corrected chi connectivity index (χ3v) is 3.83. The molecule has 0 amide bonds. The first-order valence-electron chi connectivity index (χ1n) is 6.59. The molecule has 1 aromatic rings. The summed E-state index contributed by atoms with van der Waals surface area (Å²) >= 11 is 5.99. The van der Waals surface area contributed by atoms with E-state index < -0.39 is 0 Å². The molecule has 100 valence electrons. The molecule has 1 heterocycles. The van der Waals surface area contributed by atoms with Gasteiger partial charge in [-0.15, -0.1) is 0 Å². The van der Waals surface area contributed by atoms with Gasteiger partial charge in [0.15, 0.2) is 0 Å². The van der Waals surface area contributed by atoms with Crippen molar-refractivity contribution in [1.29, 1.82) is 0 Å². The van der Waals surface area contributed by atoms with Gasteiger partial charge in [0, 0.05) is 32.2 Å². The maximum atomic E-state index is 13.4. The van der Waals surface area contributed by atoms with Gasteiger partial charge < -0.3 is 5.32 Å². The number of benzene rings is 1. The monoisotopic (exact) mass is 270 g/mol. The van der Waals surface area contributed by atoms with E-state index in [4.69, 9.17) is 11.6 Å². The molecule has 1 saturated heterocycles. The zero-order valence-corrected chi connectivity index (χ0v) is 11.5. The fourth-order valence-corrected chi connectivity index (χ4v) is 2.68. The molecule has 1 atom stereocenters. The van der Waals surface area contributed by atoms with Gasteiger partial charge in [-0.1, -0.05) is 37.1 Å². The maximum Gasteiger partial charge on any atom is 0.142 e. The zero-order chi connectivity index (χ0) is 13.0. The van der Waals surface area contributed by atoms with Crippen LogP contribution >= 0.6 is 11.6 Å². The summed E-state index contributed by atoms with van der Waals surface area (Å²) in [6, 6.07) is 5.59. The highest BCUT2D eigenvalue weighted by Crippen LogP contribution is 2.21. The van der Waals surface area contributed by atoms with E-state index in [9.17, 15) is 4.39 Å². The predicted octanol–water partition coefficient (Wildman–Crippen LogP) is 3.05. The third kappa shape index (κ3) is 3.44. The normalized spacial score (nSPS) is 21.2. The standard InChI is InChI=1S/C14H20ClFN2/c1-2-4-12-10-18(8-7-17-12)9-11-5-3-6-13(16)14(11)15/h3,5-6,12,17H,2,4,7-10H2,1H3. The fraction of sp³-hybridized carbons (Fsp3) is 0.571. The molecule has 1 aliphatic rings. The second-order valence-electron chi connectivity index (χ2n) is 4.89. The molecule has 2 nitrogen and oxygen atoms in total. The van der Waals surface area contributed by atoms with Crippen molar-refractivity contribution in [2.24, 2.45) is 0 Å². The predicted molar refractivity (Wildman–Crippen MR) is 73.4 cm³/mol. The highest BCUT2D eigenvalue weighted by atomic mass is 35.5. The smallest absolute Gasteiger partial charge is 0.142 e. The highest BCUT2D eigenvalue weighted by Gasteiger charge is 2.19. The minimum absolute atomic E-state index is 0.267. The van der Waals surface area contributed by atoms with E-state index in [0.29, 0.717) is 6.04 Å². The Morgan fingerprint density at radius 3 is 3.11 bits per heavy atom. The van der Waals surface area contributed by atoms with Crippen molar-refractivity contribution in [1.82, 2.24) is 10.2 Å². The minimum atomic E-state index is -0.325. The molecule has 18 heavy (non-hydrogen) atoms. The molecule has 1 N–H and O–H groups in total. The topological polar surface area (TPSA) is 15.3 Å². The van der Waals surface area contributed by atoms with E-state index in [1.54, 1.807) is 6.07 Å². The van der Waals surface area contributed by atoms with Crippen molar-refractivity contribution in [3.8, 4) is 0 Å². The Morgan fingerprint density at radius 2 is 2.33 bits per heavy atom. The van der Waals surface area contributed by atoms with Gasteiger partial charge in [-0.2, -0.15) is 0 Å². The minimum Gasteiger partial charge on any atom is -0.311 e. The molecule has 4 heteroatoms. The van der Waals surface area contributed by atoms with Gasteiger partial charge in [0.2, 0.25) is 0 Å². The van der Waals surface area contributed by atoms with E-state index in [0.717, 1.165) is 31.7 Å². The van der Waals surface area contributed by atoms with Gasteiger partial charge in [-0.05, 0) is 18.1 Å². The lowest BCUT2D eigenvalue weighted by molar-refractivity contribution is 0.187. The van der Waals surface area contributed by atoms with Crippen LogP contribution in [0.25, 0.3) is 0 Å². The molecule has 1 unspecified atom stereocenters. The van der Waals surface area contributed by atoms with E-state index in [-0.39, 0.29) is 10.8 Å². The third-order valence-electron chi connectivity index (χ3n) is 3.40. The van der Waals surface area contributed by atoms with Crippen molar-refractivity contribution >= 4 is 11.6 Å². The first-order valence-corrected chi connectivity index (χ1v) is 6.97. The van der Waals surface area contributed by atoms with Crippen LogP contribution in [-0.2, 0) is 6.54 Å². The van der Waals surface area contributed by atoms with Crippen LogP contribution < -0.4 is 5.32 Å². The van der Waals surface area contributed by atoms with Crippen molar-refractivity contribution in [3.63, 3.8) is 0 Å². The summed E-state index contributed by atoms with van der Waals surface area (Å²) in [6.45, 7) is 5.94. The number of halogens is 2. The van der Waals surface area contributed by atoms with E-state index >= 15 is 0 Å². The number of hydrogen-bond donors (Lipinski definition) is 1. The molecule has 0 radical (unpaired) electrons. The van der Waals surface area contributed by atoms with Crippen LogP contribution in [0.2, 0.25) is 5.02 Å². The van der Waals surface area contributed by atoms with Gasteiger partial charge in [0.1, 0.15) is 5.82 Å². The largest absolute Gasteiger partial charge is 0.311 e. The summed E-state index contributed by atoms with van der Waals surface area (Å²) in [5, 5.41) is 3.78. The van der Waals surface area contributed by atoms with E-state index in [1.165, 1.54) is 18.9 Å². The van der Waals surface area contributed by atoms with Crippen molar-refractivity contribution in [2.45, 2.75) is 32.4 Å². The van der Waals surface area contributed by atoms with Crippen LogP contribution in [0.4, 0.5) is 4.39 Å². The Balaban J connectivity index is 1.98. The SMILES string of the molecule is CCCC1CN(Cc2cccc(F)c2Cl)CCN1. The number of rotatable bonds is 4. The number of hydrogen-bond acceptors (Lipinski definition) is 2. The number of nitrogens with one attached hydrogen (secondary N) is 1. The molecule has 0 saturated carbocycles. The van der Waals surface area contributed by atoms with Crippen LogP contribution in [-0.4, -0.2) is 30.6 Å². The van der Waals surface area contributed by atoms with Gasteiger partial charge >= 0.3 is 0 Å². The number of nitrogens with zero attached hydrogens (tertiary/aromatic N) is 1. The second kappa shape index (κ2) is 6.50. The molecule has 1 aliphatic heterocycles. The Labute approximate surface area is 113 Å². The van der Waals surface area contributed by atoms with Crippen molar-refractivity contribution in [2.75, 3.05) is 19.6 Å². The Hall–Kier alpha value is -0.640. The van der Waals surface area contributed by atoms with Crippen LogP contribution in [0.1, 0.15) is 25.3 Å². The molecular formula is C14H20ClFN2. The van der Waals surface area contributed by atoms with E-state index in [1.807, 2.05) is 6.07 Å².